The van der Waals surface area contributed by atoms with Gasteiger partial charge in [0, 0.05) is 31.7 Å². The van der Waals surface area contributed by atoms with E-state index in [1.165, 1.54) is 17.7 Å². The first-order chi connectivity index (χ1) is 8.33. The first-order valence-electron chi connectivity index (χ1n) is 6.11. The fourth-order valence-electron chi connectivity index (χ4n) is 2.66. The predicted octanol–water partition coefficient (Wildman–Crippen LogP) is 0.998. The monoisotopic (exact) mass is 236 g/mol. The summed E-state index contributed by atoms with van der Waals surface area (Å²) in [5.74, 6) is -0.169. The molecule has 2 aliphatic heterocycles. The lowest BCUT2D eigenvalue weighted by molar-refractivity contribution is -0.0689. The van der Waals surface area contributed by atoms with E-state index in [0.717, 1.165) is 32.8 Å². The van der Waals surface area contributed by atoms with Gasteiger partial charge in [-0.3, -0.25) is 4.90 Å². The maximum absolute atomic E-state index is 12.9. The van der Waals surface area contributed by atoms with Crippen molar-refractivity contribution in [3.05, 3.63) is 35.6 Å². The molecule has 2 atom stereocenters. The number of piperazine rings is 1. The van der Waals surface area contributed by atoms with Gasteiger partial charge in [-0.05, 0) is 17.7 Å². The zero-order chi connectivity index (χ0) is 11.7. The van der Waals surface area contributed by atoms with Gasteiger partial charge < -0.3 is 10.1 Å². The first kappa shape index (κ1) is 11.1. The minimum Gasteiger partial charge on any atom is -0.378 e. The van der Waals surface area contributed by atoms with E-state index >= 15 is 0 Å². The molecule has 0 spiro atoms. The number of nitrogens with zero attached hydrogens (tertiary/aromatic N) is 1. The van der Waals surface area contributed by atoms with Gasteiger partial charge >= 0.3 is 0 Å². The highest BCUT2D eigenvalue weighted by atomic mass is 19.1. The highest BCUT2D eigenvalue weighted by Crippen LogP contribution is 2.19. The Balaban J connectivity index is 1.73. The van der Waals surface area contributed by atoms with Gasteiger partial charge in [-0.25, -0.2) is 4.39 Å². The molecule has 0 saturated carbocycles. The third kappa shape index (κ3) is 2.34. The molecule has 4 heteroatoms. The summed E-state index contributed by atoms with van der Waals surface area (Å²) in [7, 11) is 0. The highest BCUT2D eigenvalue weighted by Gasteiger charge is 2.34. The van der Waals surface area contributed by atoms with E-state index in [1.54, 1.807) is 0 Å². The van der Waals surface area contributed by atoms with Crippen molar-refractivity contribution in [1.82, 2.24) is 10.2 Å². The van der Waals surface area contributed by atoms with Crippen LogP contribution in [0.1, 0.15) is 5.56 Å². The molecule has 2 heterocycles. The first-order valence-corrected chi connectivity index (χ1v) is 6.11. The summed E-state index contributed by atoms with van der Waals surface area (Å²) >= 11 is 0. The SMILES string of the molecule is Fc1ccc(CN2[C@@H]3CNC[C@H]2COC3)cc1. The zero-order valence-corrected chi connectivity index (χ0v) is 9.73. The molecule has 1 aromatic rings. The van der Waals surface area contributed by atoms with Crippen molar-refractivity contribution >= 4 is 0 Å². The van der Waals surface area contributed by atoms with E-state index in [1.807, 2.05) is 12.1 Å². The van der Waals surface area contributed by atoms with E-state index in [4.69, 9.17) is 4.74 Å². The van der Waals surface area contributed by atoms with Gasteiger partial charge in [-0.1, -0.05) is 12.1 Å². The summed E-state index contributed by atoms with van der Waals surface area (Å²) in [6.45, 7) is 4.45. The molecule has 92 valence electrons. The molecular weight excluding hydrogens is 219 g/mol. The number of hydrogen-bond donors (Lipinski definition) is 1. The molecule has 17 heavy (non-hydrogen) atoms. The summed E-state index contributed by atoms with van der Waals surface area (Å²) in [5, 5.41) is 3.43. The summed E-state index contributed by atoms with van der Waals surface area (Å²) < 4.78 is 18.4. The Morgan fingerprint density at radius 3 is 2.47 bits per heavy atom. The molecule has 0 aliphatic carbocycles. The van der Waals surface area contributed by atoms with Crippen molar-refractivity contribution in [2.75, 3.05) is 26.3 Å². The van der Waals surface area contributed by atoms with E-state index in [9.17, 15) is 4.39 Å². The molecule has 0 unspecified atom stereocenters. The number of hydrogen-bond acceptors (Lipinski definition) is 3. The van der Waals surface area contributed by atoms with Crippen molar-refractivity contribution in [3.63, 3.8) is 0 Å². The largest absolute Gasteiger partial charge is 0.378 e. The average molecular weight is 236 g/mol. The lowest BCUT2D eigenvalue weighted by atomic mass is 10.0. The Labute approximate surface area is 101 Å². The molecule has 0 amide bonds. The summed E-state index contributed by atoms with van der Waals surface area (Å²) in [6.07, 6.45) is 0. The van der Waals surface area contributed by atoms with Crippen LogP contribution in [0.5, 0.6) is 0 Å². The third-order valence-corrected chi connectivity index (χ3v) is 3.60. The Morgan fingerprint density at radius 2 is 1.82 bits per heavy atom. The quantitative estimate of drug-likeness (QED) is 0.829. The number of benzene rings is 1. The maximum atomic E-state index is 12.9. The lowest BCUT2D eigenvalue weighted by Crippen LogP contribution is -2.63. The smallest absolute Gasteiger partial charge is 0.123 e. The van der Waals surface area contributed by atoms with Crippen LogP contribution in [-0.4, -0.2) is 43.3 Å². The summed E-state index contributed by atoms with van der Waals surface area (Å²) in [5.41, 5.74) is 1.17. The van der Waals surface area contributed by atoms with Crippen molar-refractivity contribution < 1.29 is 9.13 Å². The maximum Gasteiger partial charge on any atom is 0.123 e. The average Bonchev–Trinajstić information content (AvgIpc) is 2.32. The Morgan fingerprint density at radius 1 is 1.18 bits per heavy atom. The molecule has 2 bridgehead atoms. The van der Waals surface area contributed by atoms with Gasteiger partial charge in [-0.2, -0.15) is 0 Å². The molecule has 2 fully saturated rings. The molecule has 2 aliphatic rings. The van der Waals surface area contributed by atoms with Crippen LogP contribution in [0.25, 0.3) is 0 Å². The lowest BCUT2D eigenvalue weighted by Gasteiger charge is -2.46. The second-order valence-electron chi connectivity index (χ2n) is 4.80. The van der Waals surface area contributed by atoms with E-state index in [0.29, 0.717) is 12.1 Å². The number of rotatable bonds is 2. The third-order valence-electron chi connectivity index (χ3n) is 3.60. The topological polar surface area (TPSA) is 24.5 Å². The normalized spacial score (nSPS) is 29.2. The van der Waals surface area contributed by atoms with Gasteiger partial charge in [0.25, 0.3) is 0 Å². The Hall–Kier alpha value is -0.970. The van der Waals surface area contributed by atoms with Gasteiger partial charge in [0.1, 0.15) is 5.82 Å². The number of ether oxygens (including phenoxy) is 1. The Bertz CT molecular complexity index is 360. The molecule has 0 aromatic heterocycles. The highest BCUT2D eigenvalue weighted by molar-refractivity contribution is 5.16. The molecule has 0 radical (unpaired) electrons. The molecule has 3 nitrogen and oxygen atoms in total. The van der Waals surface area contributed by atoms with Gasteiger partial charge in [0.2, 0.25) is 0 Å². The van der Waals surface area contributed by atoms with E-state index in [-0.39, 0.29) is 5.82 Å². The molecule has 1 aromatic carbocycles. The zero-order valence-electron chi connectivity index (χ0n) is 9.73. The van der Waals surface area contributed by atoms with Crippen LogP contribution in [0.4, 0.5) is 4.39 Å². The fourth-order valence-corrected chi connectivity index (χ4v) is 2.66. The summed E-state index contributed by atoms with van der Waals surface area (Å²) in [6, 6.07) is 7.70. The van der Waals surface area contributed by atoms with Crippen LogP contribution in [0.2, 0.25) is 0 Å². The van der Waals surface area contributed by atoms with Gasteiger partial charge in [0.15, 0.2) is 0 Å². The minimum atomic E-state index is -0.169. The molecule has 2 saturated heterocycles. The van der Waals surface area contributed by atoms with Crippen LogP contribution >= 0.6 is 0 Å². The van der Waals surface area contributed by atoms with Crippen molar-refractivity contribution in [3.8, 4) is 0 Å². The van der Waals surface area contributed by atoms with Crippen molar-refractivity contribution in [2.24, 2.45) is 0 Å². The van der Waals surface area contributed by atoms with Crippen LogP contribution in [0.15, 0.2) is 24.3 Å². The second-order valence-corrected chi connectivity index (χ2v) is 4.80. The Kier molecular flexibility index (Phi) is 3.09. The number of halogens is 1. The number of nitrogens with one attached hydrogen (secondary N) is 1. The standard InChI is InChI=1S/C13H17FN2O/c14-11-3-1-10(2-4-11)7-16-12-5-15-6-13(16)9-17-8-12/h1-4,12-13,15H,5-9H2/t12-,13+. The van der Waals surface area contributed by atoms with E-state index in [2.05, 4.69) is 10.2 Å². The number of fused-ring (bicyclic) bond motifs is 2. The minimum absolute atomic E-state index is 0.169. The van der Waals surface area contributed by atoms with Crippen LogP contribution in [0.3, 0.4) is 0 Å². The van der Waals surface area contributed by atoms with Crippen molar-refractivity contribution in [1.29, 1.82) is 0 Å². The van der Waals surface area contributed by atoms with E-state index < -0.39 is 0 Å². The fraction of sp³-hybridized carbons (Fsp3) is 0.538. The van der Waals surface area contributed by atoms with Crippen LogP contribution in [0, 0.1) is 5.82 Å². The molecular formula is C13H17FN2O. The number of morpholine rings is 1. The summed E-state index contributed by atoms with van der Waals surface area (Å²) in [4.78, 5) is 2.48. The van der Waals surface area contributed by atoms with Crippen molar-refractivity contribution in [2.45, 2.75) is 18.6 Å². The van der Waals surface area contributed by atoms with Gasteiger partial charge in [-0.15, -0.1) is 0 Å². The van der Waals surface area contributed by atoms with Gasteiger partial charge in [0.05, 0.1) is 13.2 Å². The predicted molar refractivity (Wildman–Crippen MR) is 63.2 cm³/mol. The molecule has 3 rings (SSSR count). The van der Waals surface area contributed by atoms with Crippen LogP contribution < -0.4 is 5.32 Å². The van der Waals surface area contributed by atoms with Crippen LogP contribution in [-0.2, 0) is 11.3 Å². The second kappa shape index (κ2) is 4.72. The molecule has 1 N–H and O–H groups in total.